The van der Waals surface area contributed by atoms with Gasteiger partial charge in [-0.3, -0.25) is 4.79 Å². The van der Waals surface area contributed by atoms with Crippen molar-refractivity contribution in [2.24, 2.45) is 0 Å². The number of ether oxygens (including phenoxy) is 1. The third-order valence-electron chi connectivity index (χ3n) is 3.76. The van der Waals surface area contributed by atoms with Gasteiger partial charge in [-0.05, 0) is 30.5 Å². The van der Waals surface area contributed by atoms with E-state index in [-0.39, 0.29) is 6.61 Å². The maximum atomic E-state index is 11.9. The standard InChI is InChI=1S/C18H21NO6/c1-3-5-14(18(22)23)19-16(20)10-24-12-6-7-13-11(4-2)8-17(21)25-15(13)9-12/h6-9,14H,3-5,10H2,1-2H3,(H,19,20)(H,22,23). The van der Waals surface area contributed by atoms with Crippen LogP contribution in [0.4, 0.5) is 0 Å². The van der Waals surface area contributed by atoms with Gasteiger partial charge in [-0.25, -0.2) is 9.59 Å². The van der Waals surface area contributed by atoms with Gasteiger partial charge in [0.1, 0.15) is 17.4 Å². The van der Waals surface area contributed by atoms with E-state index in [2.05, 4.69) is 5.32 Å². The summed E-state index contributed by atoms with van der Waals surface area (Å²) < 4.78 is 10.5. The van der Waals surface area contributed by atoms with Crippen LogP contribution in [0.2, 0.25) is 0 Å². The summed E-state index contributed by atoms with van der Waals surface area (Å²) >= 11 is 0. The van der Waals surface area contributed by atoms with Crippen LogP contribution in [-0.4, -0.2) is 29.6 Å². The first kappa shape index (κ1) is 18.5. The average molecular weight is 347 g/mol. The van der Waals surface area contributed by atoms with Crippen molar-refractivity contribution < 1.29 is 23.8 Å². The lowest BCUT2D eigenvalue weighted by Crippen LogP contribution is -2.42. The minimum Gasteiger partial charge on any atom is -0.484 e. The van der Waals surface area contributed by atoms with Gasteiger partial charge < -0.3 is 19.6 Å². The van der Waals surface area contributed by atoms with E-state index in [9.17, 15) is 14.4 Å². The van der Waals surface area contributed by atoms with Gasteiger partial charge in [0.25, 0.3) is 5.91 Å². The predicted octanol–water partition coefficient (Wildman–Crippen LogP) is 2.10. The highest BCUT2D eigenvalue weighted by molar-refractivity contribution is 5.85. The summed E-state index contributed by atoms with van der Waals surface area (Å²) in [5.74, 6) is -1.24. The molecule has 0 aliphatic heterocycles. The summed E-state index contributed by atoms with van der Waals surface area (Å²) in [6.07, 6.45) is 1.68. The van der Waals surface area contributed by atoms with Gasteiger partial charge in [0.15, 0.2) is 6.61 Å². The van der Waals surface area contributed by atoms with Crippen LogP contribution in [0.1, 0.15) is 32.3 Å². The number of fused-ring (bicyclic) bond motifs is 1. The molecule has 0 saturated heterocycles. The molecular weight excluding hydrogens is 326 g/mol. The number of aryl methyl sites for hydroxylation is 1. The molecule has 2 N–H and O–H groups in total. The van der Waals surface area contributed by atoms with Crippen LogP contribution in [-0.2, 0) is 16.0 Å². The van der Waals surface area contributed by atoms with Crippen molar-refractivity contribution in [3.05, 3.63) is 40.2 Å². The number of hydrogen-bond acceptors (Lipinski definition) is 5. The third-order valence-corrected chi connectivity index (χ3v) is 3.76. The molecule has 7 nitrogen and oxygen atoms in total. The Labute approximate surface area is 144 Å². The number of aliphatic carboxylic acids is 1. The second-order valence-electron chi connectivity index (χ2n) is 5.64. The third kappa shape index (κ3) is 4.82. The van der Waals surface area contributed by atoms with Crippen LogP contribution >= 0.6 is 0 Å². The first-order valence-corrected chi connectivity index (χ1v) is 8.16. The molecule has 1 aromatic heterocycles. The molecule has 0 aliphatic carbocycles. The average Bonchev–Trinajstić information content (AvgIpc) is 2.58. The minimum absolute atomic E-state index is 0.323. The zero-order chi connectivity index (χ0) is 18.4. The zero-order valence-electron chi connectivity index (χ0n) is 14.2. The number of carboxylic acid groups (broad SMARTS) is 1. The molecule has 0 spiro atoms. The molecule has 1 heterocycles. The first-order valence-electron chi connectivity index (χ1n) is 8.16. The monoisotopic (exact) mass is 347 g/mol. The fraction of sp³-hybridized carbons (Fsp3) is 0.389. The fourth-order valence-corrected chi connectivity index (χ4v) is 2.52. The van der Waals surface area contributed by atoms with E-state index < -0.39 is 23.5 Å². The molecule has 0 bridgehead atoms. The number of carbonyl (C=O) groups excluding carboxylic acids is 1. The maximum absolute atomic E-state index is 11.9. The molecule has 2 aromatic rings. The van der Waals surface area contributed by atoms with Gasteiger partial charge >= 0.3 is 11.6 Å². The molecule has 7 heteroatoms. The number of benzene rings is 1. The van der Waals surface area contributed by atoms with Gasteiger partial charge in [0.2, 0.25) is 0 Å². The van der Waals surface area contributed by atoms with Crippen molar-refractivity contribution >= 4 is 22.8 Å². The Balaban J connectivity index is 2.07. The zero-order valence-corrected chi connectivity index (χ0v) is 14.2. The van der Waals surface area contributed by atoms with E-state index in [4.69, 9.17) is 14.3 Å². The van der Waals surface area contributed by atoms with Crippen LogP contribution in [0, 0.1) is 0 Å². The number of carboxylic acids is 1. The van der Waals surface area contributed by atoms with Crippen molar-refractivity contribution in [3.8, 4) is 5.75 Å². The highest BCUT2D eigenvalue weighted by atomic mass is 16.5. The highest BCUT2D eigenvalue weighted by Crippen LogP contribution is 2.23. The van der Waals surface area contributed by atoms with Crippen LogP contribution in [0.25, 0.3) is 11.0 Å². The molecule has 1 atom stereocenters. The van der Waals surface area contributed by atoms with Crippen molar-refractivity contribution in [3.63, 3.8) is 0 Å². The molecule has 2 rings (SSSR count). The molecule has 0 fully saturated rings. The van der Waals surface area contributed by atoms with Gasteiger partial charge in [0, 0.05) is 17.5 Å². The van der Waals surface area contributed by atoms with Crippen LogP contribution in [0.5, 0.6) is 5.75 Å². The number of rotatable bonds is 8. The number of carbonyl (C=O) groups is 2. The number of hydrogen-bond donors (Lipinski definition) is 2. The largest absolute Gasteiger partial charge is 0.484 e. The lowest BCUT2D eigenvalue weighted by molar-refractivity contribution is -0.142. The van der Waals surface area contributed by atoms with E-state index in [0.717, 1.165) is 10.9 Å². The van der Waals surface area contributed by atoms with Gasteiger partial charge in [-0.2, -0.15) is 0 Å². The van der Waals surface area contributed by atoms with E-state index in [1.807, 2.05) is 13.8 Å². The quantitative estimate of drug-likeness (QED) is 0.709. The van der Waals surface area contributed by atoms with Crippen molar-refractivity contribution in [2.75, 3.05) is 6.61 Å². The van der Waals surface area contributed by atoms with Crippen molar-refractivity contribution in [1.29, 1.82) is 0 Å². The Morgan fingerprint density at radius 3 is 2.68 bits per heavy atom. The summed E-state index contributed by atoms with van der Waals surface area (Å²) in [5, 5.41) is 12.3. The van der Waals surface area contributed by atoms with E-state index >= 15 is 0 Å². The smallest absolute Gasteiger partial charge is 0.336 e. The molecular formula is C18H21NO6. The lowest BCUT2D eigenvalue weighted by atomic mass is 10.1. The Bertz CT molecular complexity index is 826. The Hall–Kier alpha value is -2.83. The van der Waals surface area contributed by atoms with Crippen molar-refractivity contribution in [2.45, 2.75) is 39.2 Å². The Morgan fingerprint density at radius 1 is 1.28 bits per heavy atom. The first-order chi connectivity index (χ1) is 11.9. The van der Waals surface area contributed by atoms with Crippen LogP contribution < -0.4 is 15.7 Å². The van der Waals surface area contributed by atoms with E-state index in [1.54, 1.807) is 18.2 Å². The summed E-state index contributed by atoms with van der Waals surface area (Å²) in [4.78, 5) is 34.5. The second-order valence-corrected chi connectivity index (χ2v) is 5.64. The number of nitrogens with one attached hydrogen (secondary N) is 1. The molecule has 1 amide bonds. The normalized spacial score (nSPS) is 11.9. The summed E-state index contributed by atoms with van der Waals surface area (Å²) in [6.45, 7) is 3.46. The molecule has 134 valence electrons. The molecule has 1 aromatic carbocycles. The highest BCUT2D eigenvalue weighted by Gasteiger charge is 2.19. The Morgan fingerprint density at radius 2 is 2.04 bits per heavy atom. The van der Waals surface area contributed by atoms with Crippen LogP contribution in [0.3, 0.4) is 0 Å². The summed E-state index contributed by atoms with van der Waals surface area (Å²) in [7, 11) is 0. The predicted molar refractivity (Wildman–Crippen MR) is 91.8 cm³/mol. The molecule has 0 radical (unpaired) electrons. The van der Waals surface area contributed by atoms with Crippen LogP contribution in [0.15, 0.2) is 33.5 Å². The van der Waals surface area contributed by atoms with Gasteiger partial charge in [0.05, 0.1) is 0 Å². The second kappa shape index (κ2) is 8.32. The fourth-order valence-electron chi connectivity index (χ4n) is 2.52. The van der Waals surface area contributed by atoms with E-state index in [0.29, 0.717) is 30.6 Å². The topological polar surface area (TPSA) is 106 Å². The molecule has 25 heavy (non-hydrogen) atoms. The van der Waals surface area contributed by atoms with Crippen molar-refractivity contribution in [1.82, 2.24) is 5.32 Å². The Kier molecular flexibility index (Phi) is 6.16. The number of amides is 1. The minimum atomic E-state index is -1.07. The maximum Gasteiger partial charge on any atom is 0.336 e. The summed E-state index contributed by atoms with van der Waals surface area (Å²) in [6, 6.07) is 5.51. The lowest BCUT2D eigenvalue weighted by Gasteiger charge is -2.14. The molecule has 0 saturated carbocycles. The SMILES string of the molecule is CCCC(NC(=O)COc1ccc2c(CC)cc(=O)oc2c1)C(=O)O. The van der Waals surface area contributed by atoms with Gasteiger partial charge in [-0.1, -0.05) is 20.3 Å². The molecule has 1 unspecified atom stereocenters. The molecule has 0 aliphatic rings. The van der Waals surface area contributed by atoms with E-state index in [1.165, 1.54) is 6.07 Å². The van der Waals surface area contributed by atoms with Gasteiger partial charge in [-0.15, -0.1) is 0 Å². The summed E-state index contributed by atoms with van der Waals surface area (Å²) in [5.41, 5.74) is 0.819.